The molecule has 0 saturated carbocycles. The molecule has 170 valence electrons. The highest BCUT2D eigenvalue weighted by molar-refractivity contribution is 6.31. The van der Waals surface area contributed by atoms with Gasteiger partial charge in [-0.3, -0.25) is 24.7 Å². The number of nitro benzene ring substituents is 1. The Balaban J connectivity index is 1.30. The molecule has 1 fully saturated rings. The number of anilines is 1. The maximum Gasteiger partial charge on any atom is 0.282 e. The molecule has 8 heteroatoms. The molecule has 0 bridgehead atoms. The maximum absolute atomic E-state index is 12.6. The summed E-state index contributed by atoms with van der Waals surface area (Å²) < 4.78 is 0. The minimum absolute atomic E-state index is 0.0649. The average molecular weight is 465 g/mol. The number of nitrogens with zero attached hydrogens (tertiary/aromatic N) is 3. The number of nitro groups is 1. The summed E-state index contributed by atoms with van der Waals surface area (Å²) in [6, 6.07) is 22.0. The van der Waals surface area contributed by atoms with E-state index in [9.17, 15) is 14.9 Å². The fourth-order valence-corrected chi connectivity index (χ4v) is 4.12. The molecule has 0 radical (unpaired) electrons. The van der Waals surface area contributed by atoms with Gasteiger partial charge in [0.1, 0.15) is 5.56 Å². The van der Waals surface area contributed by atoms with Crippen molar-refractivity contribution < 1.29 is 9.72 Å². The van der Waals surface area contributed by atoms with Crippen LogP contribution in [0.2, 0.25) is 5.02 Å². The Morgan fingerprint density at radius 3 is 2.03 bits per heavy atom. The lowest BCUT2D eigenvalue weighted by atomic mass is 10.1. The molecular weight excluding hydrogens is 440 g/mol. The SMILES string of the molecule is O=C(Nc1ccc(CN2CCN(Cc3ccccc3)CC2)cc1)c1cc(Cl)ccc1[N+](=O)[O-]. The molecule has 3 aromatic carbocycles. The molecule has 1 amide bonds. The van der Waals surface area contributed by atoms with Crippen LogP contribution in [-0.2, 0) is 13.1 Å². The largest absolute Gasteiger partial charge is 0.322 e. The van der Waals surface area contributed by atoms with Crippen molar-refractivity contribution in [2.24, 2.45) is 0 Å². The van der Waals surface area contributed by atoms with Crippen molar-refractivity contribution in [2.75, 3.05) is 31.5 Å². The summed E-state index contributed by atoms with van der Waals surface area (Å²) in [4.78, 5) is 28.1. The quantitative estimate of drug-likeness (QED) is 0.400. The van der Waals surface area contributed by atoms with Crippen LogP contribution in [0.1, 0.15) is 21.5 Å². The first-order valence-corrected chi connectivity index (χ1v) is 11.2. The van der Waals surface area contributed by atoms with Crippen molar-refractivity contribution >= 4 is 28.9 Å². The lowest BCUT2D eigenvalue weighted by molar-refractivity contribution is -0.385. The van der Waals surface area contributed by atoms with Crippen LogP contribution in [0.15, 0.2) is 72.8 Å². The van der Waals surface area contributed by atoms with Crippen molar-refractivity contribution in [3.63, 3.8) is 0 Å². The normalized spacial score (nSPS) is 14.7. The predicted molar refractivity (Wildman–Crippen MR) is 129 cm³/mol. The van der Waals surface area contributed by atoms with E-state index >= 15 is 0 Å². The second-order valence-electron chi connectivity index (χ2n) is 8.11. The van der Waals surface area contributed by atoms with Gasteiger partial charge in [0.25, 0.3) is 11.6 Å². The van der Waals surface area contributed by atoms with E-state index in [1.807, 2.05) is 30.3 Å². The van der Waals surface area contributed by atoms with Crippen molar-refractivity contribution in [3.8, 4) is 0 Å². The van der Waals surface area contributed by atoms with Gasteiger partial charge in [0.2, 0.25) is 0 Å². The minimum Gasteiger partial charge on any atom is -0.322 e. The van der Waals surface area contributed by atoms with E-state index in [2.05, 4.69) is 39.4 Å². The number of halogens is 1. The first kappa shape index (κ1) is 22.9. The van der Waals surface area contributed by atoms with Gasteiger partial charge in [0.15, 0.2) is 0 Å². The Morgan fingerprint density at radius 2 is 1.45 bits per heavy atom. The van der Waals surface area contributed by atoms with Gasteiger partial charge in [-0.2, -0.15) is 0 Å². The van der Waals surface area contributed by atoms with E-state index in [1.54, 1.807) is 0 Å². The Morgan fingerprint density at radius 1 is 0.879 bits per heavy atom. The molecule has 4 rings (SSSR count). The zero-order valence-corrected chi connectivity index (χ0v) is 18.9. The highest BCUT2D eigenvalue weighted by atomic mass is 35.5. The number of nitrogens with one attached hydrogen (secondary N) is 1. The Labute approximate surface area is 197 Å². The zero-order chi connectivity index (χ0) is 23.2. The molecule has 1 N–H and O–H groups in total. The van der Waals surface area contributed by atoms with Crippen LogP contribution in [0.4, 0.5) is 11.4 Å². The van der Waals surface area contributed by atoms with Gasteiger partial charge in [0.05, 0.1) is 4.92 Å². The minimum atomic E-state index is -0.589. The van der Waals surface area contributed by atoms with Crippen LogP contribution in [0, 0.1) is 10.1 Å². The van der Waals surface area contributed by atoms with Crippen molar-refractivity contribution in [2.45, 2.75) is 13.1 Å². The topological polar surface area (TPSA) is 78.7 Å². The second-order valence-corrected chi connectivity index (χ2v) is 8.54. The summed E-state index contributed by atoms with van der Waals surface area (Å²) >= 11 is 5.92. The fraction of sp³-hybridized carbons (Fsp3) is 0.240. The van der Waals surface area contributed by atoms with Crippen LogP contribution in [0.5, 0.6) is 0 Å². The van der Waals surface area contributed by atoms with Crippen LogP contribution < -0.4 is 5.32 Å². The van der Waals surface area contributed by atoms with E-state index in [1.165, 1.54) is 23.8 Å². The van der Waals surface area contributed by atoms with E-state index in [-0.39, 0.29) is 16.3 Å². The van der Waals surface area contributed by atoms with Gasteiger partial charge in [-0.1, -0.05) is 54.1 Å². The lowest BCUT2D eigenvalue weighted by Gasteiger charge is -2.34. The van der Waals surface area contributed by atoms with E-state index in [4.69, 9.17) is 11.6 Å². The molecule has 3 aromatic rings. The Kier molecular flexibility index (Phi) is 7.34. The first-order valence-electron chi connectivity index (χ1n) is 10.8. The summed E-state index contributed by atoms with van der Waals surface area (Å²) in [6.07, 6.45) is 0. The highest BCUT2D eigenvalue weighted by Crippen LogP contribution is 2.24. The summed E-state index contributed by atoms with van der Waals surface area (Å²) in [6.45, 7) is 5.89. The molecule has 1 heterocycles. The molecule has 0 spiro atoms. The Hall–Kier alpha value is -3.26. The van der Waals surface area contributed by atoms with Gasteiger partial charge >= 0.3 is 0 Å². The molecule has 1 saturated heterocycles. The van der Waals surface area contributed by atoms with Gasteiger partial charge in [-0.15, -0.1) is 0 Å². The smallest absolute Gasteiger partial charge is 0.282 e. The maximum atomic E-state index is 12.6. The number of amides is 1. The average Bonchev–Trinajstić information content (AvgIpc) is 2.82. The standard InChI is InChI=1S/C25H25ClN4O3/c26-21-8-11-24(30(32)33)23(16-21)25(31)27-22-9-6-20(7-10-22)18-29-14-12-28(13-15-29)17-19-4-2-1-3-5-19/h1-11,16H,12-15,17-18H2,(H,27,31). The summed E-state index contributed by atoms with van der Waals surface area (Å²) in [5.41, 5.74) is 2.72. The zero-order valence-electron chi connectivity index (χ0n) is 18.1. The number of hydrogen-bond donors (Lipinski definition) is 1. The third-order valence-corrected chi connectivity index (χ3v) is 5.97. The number of benzene rings is 3. The van der Waals surface area contributed by atoms with E-state index in [0.717, 1.165) is 44.8 Å². The first-order chi connectivity index (χ1) is 16.0. The monoisotopic (exact) mass is 464 g/mol. The van der Waals surface area contributed by atoms with Gasteiger partial charge in [-0.25, -0.2) is 0 Å². The van der Waals surface area contributed by atoms with E-state index < -0.39 is 10.8 Å². The van der Waals surface area contributed by atoms with Crippen LogP contribution in [0.25, 0.3) is 0 Å². The van der Waals surface area contributed by atoms with Gasteiger partial charge in [-0.05, 0) is 35.4 Å². The van der Waals surface area contributed by atoms with Crippen LogP contribution >= 0.6 is 11.6 Å². The van der Waals surface area contributed by atoms with E-state index in [0.29, 0.717) is 5.69 Å². The summed E-state index contributed by atoms with van der Waals surface area (Å²) in [5, 5.41) is 14.2. The Bertz CT molecular complexity index is 1110. The summed E-state index contributed by atoms with van der Waals surface area (Å²) in [5.74, 6) is -0.563. The molecule has 33 heavy (non-hydrogen) atoms. The molecular formula is C25H25ClN4O3. The highest BCUT2D eigenvalue weighted by Gasteiger charge is 2.21. The number of carbonyl (C=O) groups is 1. The fourth-order valence-electron chi connectivity index (χ4n) is 3.95. The molecule has 7 nitrogen and oxygen atoms in total. The van der Waals surface area contributed by atoms with Gasteiger partial charge < -0.3 is 5.32 Å². The third kappa shape index (κ3) is 6.16. The lowest BCUT2D eigenvalue weighted by Crippen LogP contribution is -2.45. The molecule has 0 aliphatic carbocycles. The molecule has 0 aromatic heterocycles. The van der Waals surface area contributed by atoms with Crippen molar-refractivity contribution in [1.29, 1.82) is 0 Å². The third-order valence-electron chi connectivity index (χ3n) is 5.73. The number of piperazine rings is 1. The second kappa shape index (κ2) is 10.6. The molecule has 1 aliphatic rings. The predicted octanol–water partition coefficient (Wildman–Crippen LogP) is 4.82. The number of carbonyl (C=O) groups excluding carboxylic acids is 1. The van der Waals surface area contributed by atoms with Crippen LogP contribution in [0.3, 0.4) is 0 Å². The molecule has 0 unspecified atom stereocenters. The van der Waals surface area contributed by atoms with Crippen molar-refractivity contribution in [3.05, 3.63) is 105 Å². The molecule has 0 atom stereocenters. The number of rotatable bonds is 7. The number of hydrogen-bond acceptors (Lipinski definition) is 5. The van der Waals surface area contributed by atoms with Crippen LogP contribution in [-0.4, -0.2) is 46.8 Å². The summed E-state index contributed by atoms with van der Waals surface area (Å²) in [7, 11) is 0. The molecule has 1 aliphatic heterocycles. The van der Waals surface area contributed by atoms with Crippen molar-refractivity contribution in [1.82, 2.24) is 9.80 Å². The van der Waals surface area contributed by atoms with Gasteiger partial charge in [0, 0.05) is 56.0 Å².